The lowest BCUT2D eigenvalue weighted by atomic mass is 9.68. The molecular formula is C23H31N3O4. The lowest BCUT2D eigenvalue weighted by Crippen LogP contribution is -2.40. The summed E-state index contributed by atoms with van der Waals surface area (Å²) in [6, 6.07) is 3.82. The van der Waals surface area contributed by atoms with Gasteiger partial charge in [-0.15, -0.1) is 0 Å². The van der Waals surface area contributed by atoms with Crippen molar-refractivity contribution in [2.45, 2.75) is 46.5 Å². The van der Waals surface area contributed by atoms with E-state index >= 15 is 0 Å². The molecule has 1 atom stereocenters. The van der Waals surface area contributed by atoms with Crippen molar-refractivity contribution in [2.24, 2.45) is 11.1 Å². The van der Waals surface area contributed by atoms with E-state index < -0.39 is 11.9 Å². The minimum atomic E-state index is -0.534. The molecule has 162 valence electrons. The molecule has 7 heteroatoms. The first-order valence-corrected chi connectivity index (χ1v) is 10.4. The number of pyridine rings is 1. The Bertz CT molecular complexity index is 884. The molecule has 7 nitrogen and oxygen atoms in total. The van der Waals surface area contributed by atoms with Crippen molar-refractivity contribution < 1.29 is 19.1 Å². The fraction of sp³-hybridized carbons (Fsp3) is 0.522. The fourth-order valence-corrected chi connectivity index (χ4v) is 4.15. The summed E-state index contributed by atoms with van der Waals surface area (Å²) >= 11 is 0. The predicted molar refractivity (Wildman–Crippen MR) is 113 cm³/mol. The van der Waals surface area contributed by atoms with E-state index in [4.69, 9.17) is 15.2 Å². The number of nitrogens with zero attached hydrogens (tertiary/aromatic N) is 1. The number of hydrogen-bond donors (Lipinski definition) is 2. The molecule has 0 aromatic carbocycles. The zero-order chi connectivity index (χ0) is 21.9. The smallest absolute Gasteiger partial charge is 0.336 e. The van der Waals surface area contributed by atoms with E-state index in [1.54, 1.807) is 13.1 Å². The normalized spacial score (nSPS) is 20.7. The number of carbonyl (C=O) groups excluding carboxylic acids is 2. The van der Waals surface area contributed by atoms with Crippen LogP contribution in [0.3, 0.4) is 0 Å². The molecular weight excluding hydrogens is 382 g/mol. The van der Waals surface area contributed by atoms with Gasteiger partial charge in [-0.25, -0.2) is 4.79 Å². The third-order valence-corrected chi connectivity index (χ3v) is 5.40. The molecule has 3 rings (SSSR count). The van der Waals surface area contributed by atoms with Gasteiger partial charge in [-0.3, -0.25) is 9.78 Å². The number of aryl methyl sites for hydroxylation is 1. The van der Waals surface area contributed by atoms with Gasteiger partial charge in [-0.2, -0.15) is 0 Å². The monoisotopic (exact) mass is 413 g/mol. The number of Topliss-reactive ketones (excluding diaryl/α,β-unsaturated/α-hetero) is 1. The lowest BCUT2D eigenvalue weighted by molar-refractivity contribution is -0.139. The Morgan fingerprint density at radius 3 is 2.73 bits per heavy atom. The Labute approximate surface area is 177 Å². The van der Waals surface area contributed by atoms with E-state index in [9.17, 15) is 9.59 Å². The molecule has 0 amide bonds. The van der Waals surface area contributed by atoms with Crippen molar-refractivity contribution in [3.8, 4) is 0 Å². The van der Waals surface area contributed by atoms with E-state index in [-0.39, 0.29) is 24.4 Å². The van der Waals surface area contributed by atoms with Gasteiger partial charge in [0.25, 0.3) is 0 Å². The average Bonchev–Trinajstić information content (AvgIpc) is 2.67. The van der Waals surface area contributed by atoms with Crippen LogP contribution < -0.4 is 11.1 Å². The first kappa shape index (κ1) is 22.2. The standard InChI is InChI=1S/C23H31N3O4/c1-5-30-22(28)21-17(13-29-9-8-24)26-16-10-23(3,4)11-18(27)20(16)19(21)15-7-6-14(2)25-12-15/h6-7,12,19,26H,5,8-11,13,24H2,1-4H3. The van der Waals surface area contributed by atoms with Crippen LogP contribution in [0.15, 0.2) is 40.9 Å². The van der Waals surface area contributed by atoms with Gasteiger partial charge in [0.1, 0.15) is 0 Å². The molecule has 0 bridgehead atoms. The third kappa shape index (κ3) is 4.63. The summed E-state index contributed by atoms with van der Waals surface area (Å²) < 4.78 is 11.0. The SMILES string of the molecule is CCOC(=O)C1=C(COCCN)NC2=C(C(=O)CC(C)(C)C2)C1c1ccc(C)nc1. The second kappa shape index (κ2) is 9.10. The number of aromatic nitrogens is 1. The first-order valence-electron chi connectivity index (χ1n) is 10.4. The van der Waals surface area contributed by atoms with Crippen LogP contribution in [-0.4, -0.2) is 43.1 Å². The summed E-state index contributed by atoms with van der Waals surface area (Å²) in [6.45, 7) is 9.00. The number of hydrogen-bond acceptors (Lipinski definition) is 7. The summed E-state index contributed by atoms with van der Waals surface area (Å²) in [5, 5.41) is 3.35. The van der Waals surface area contributed by atoms with Crippen molar-refractivity contribution in [1.29, 1.82) is 0 Å². The maximum atomic E-state index is 13.2. The molecule has 0 radical (unpaired) electrons. The van der Waals surface area contributed by atoms with Crippen LogP contribution in [0, 0.1) is 12.3 Å². The van der Waals surface area contributed by atoms with E-state index in [1.807, 2.05) is 19.1 Å². The molecule has 3 N–H and O–H groups in total. The molecule has 1 aliphatic carbocycles. The fourth-order valence-electron chi connectivity index (χ4n) is 4.15. The van der Waals surface area contributed by atoms with E-state index in [1.165, 1.54) is 0 Å². The quantitative estimate of drug-likeness (QED) is 0.523. The van der Waals surface area contributed by atoms with Crippen LogP contribution in [0.4, 0.5) is 0 Å². The average molecular weight is 414 g/mol. The lowest BCUT2D eigenvalue weighted by Gasteiger charge is -2.39. The van der Waals surface area contributed by atoms with Crippen LogP contribution >= 0.6 is 0 Å². The first-order chi connectivity index (χ1) is 14.3. The summed E-state index contributed by atoms with van der Waals surface area (Å²) in [5.41, 5.74) is 9.57. The number of carbonyl (C=O) groups is 2. The van der Waals surface area contributed by atoms with Gasteiger partial charge in [0.05, 0.1) is 31.1 Å². The van der Waals surface area contributed by atoms with Crippen molar-refractivity contribution >= 4 is 11.8 Å². The molecule has 0 spiro atoms. The van der Waals surface area contributed by atoms with Gasteiger partial charge in [-0.1, -0.05) is 19.9 Å². The van der Waals surface area contributed by atoms with Gasteiger partial charge in [0.2, 0.25) is 0 Å². The third-order valence-electron chi connectivity index (χ3n) is 5.40. The van der Waals surface area contributed by atoms with Gasteiger partial charge >= 0.3 is 5.97 Å². The maximum absolute atomic E-state index is 13.2. The number of rotatable bonds is 7. The molecule has 1 aliphatic heterocycles. The summed E-state index contributed by atoms with van der Waals surface area (Å²) in [6.07, 6.45) is 2.87. The molecule has 2 heterocycles. The Morgan fingerprint density at radius 2 is 2.10 bits per heavy atom. The van der Waals surface area contributed by atoms with Crippen molar-refractivity contribution in [3.05, 3.63) is 52.1 Å². The number of ether oxygens (including phenoxy) is 2. The minimum absolute atomic E-state index is 0.0445. The summed E-state index contributed by atoms with van der Waals surface area (Å²) in [7, 11) is 0. The number of nitrogens with two attached hydrogens (primary N) is 1. The predicted octanol–water partition coefficient (Wildman–Crippen LogP) is 2.51. The van der Waals surface area contributed by atoms with Crippen molar-refractivity contribution in [2.75, 3.05) is 26.4 Å². The highest BCUT2D eigenvalue weighted by Crippen LogP contribution is 2.46. The molecule has 0 saturated carbocycles. The van der Waals surface area contributed by atoms with Crippen LogP contribution in [-0.2, 0) is 19.1 Å². The van der Waals surface area contributed by atoms with Gasteiger partial charge in [0.15, 0.2) is 5.78 Å². The topological polar surface area (TPSA) is 104 Å². The summed E-state index contributed by atoms with van der Waals surface area (Å²) in [4.78, 5) is 30.7. The zero-order valence-corrected chi connectivity index (χ0v) is 18.2. The Kier molecular flexibility index (Phi) is 6.73. The van der Waals surface area contributed by atoms with Gasteiger partial charge in [-0.05, 0) is 37.3 Å². The number of ketones is 1. The highest BCUT2D eigenvalue weighted by atomic mass is 16.5. The van der Waals surface area contributed by atoms with Crippen LogP contribution in [0.25, 0.3) is 0 Å². The van der Waals surface area contributed by atoms with Crippen LogP contribution in [0.5, 0.6) is 0 Å². The largest absolute Gasteiger partial charge is 0.463 e. The Hall–Kier alpha value is -2.51. The number of allylic oxidation sites excluding steroid dienone is 2. The number of dihydropyridines is 1. The highest BCUT2D eigenvalue weighted by molar-refractivity contribution is 6.04. The van der Waals surface area contributed by atoms with Crippen LogP contribution in [0.1, 0.15) is 50.8 Å². The van der Waals surface area contributed by atoms with Crippen LogP contribution in [0.2, 0.25) is 0 Å². The minimum Gasteiger partial charge on any atom is -0.463 e. The maximum Gasteiger partial charge on any atom is 0.336 e. The van der Waals surface area contributed by atoms with Crippen molar-refractivity contribution in [3.63, 3.8) is 0 Å². The van der Waals surface area contributed by atoms with E-state index in [0.29, 0.717) is 42.8 Å². The molecule has 0 saturated heterocycles. The zero-order valence-electron chi connectivity index (χ0n) is 18.2. The summed E-state index contributed by atoms with van der Waals surface area (Å²) in [5.74, 6) is -0.942. The Balaban J connectivity index is 2.16. The molecule has 1 unspecified atom stereocenters. The number of nitrogens with one attached hydrogen (secondary N) is 1. The highest BCUT2D eigenvalue weighted by Gasteiger charge is 2.43. The van der Waals surface area contributed by atoms with Crippen molar-refractivity contribution in [1.82, 2.24) is 10.3 Å². The van der Waals surface area contributed by atoms with Gasteiger partial charge in [0, 0.05) is 42.0 Å². The molecule has 30 heavy (non-hydrogen) atoms. The molecule has 1 aromatic rings. The van der Waals surface area contributed by atoms with E-state index in [2.05, 4.69) is 24.1 Å². The molecule has 1 aromatic heterocycles. The molecule has 0 fully saturated rings. The molecule has 2 aliphatic rings. The second-order valence-electron chi connectivity index (χ2n) is 8.58. The Morgan fingerprint density at radius 1 is 1.33 bits per heavy atom. The second-order valence-corrected chi connectivity index (χ2v) is 8.58. The number of esters is 1. The van der Waals surface area contributed by atoms with E-state index in [0.717, 1.165) is 17.0 Å². The van der Waals surface area contributed by atoms with Gasteiger partial charge < -0.3 is 20.5 Å².